The second-order valence-electron chi connectivity index (χ2n) is 4.23. The van der Waals surface area contributed by atoms with E-state index in [0.717, 1.165) is 25.0 Å². The molecule has 1 saturated carbocycles. The van der Waals surface area contributed by atoms with Crippen molar-refractivity contribution in [2.75, 3.05) is 18.6 Å². The van der Waals surface area contributed by atoms with E-state index in [4.69, 9.17) is 0 Å². The molecule has 14 heavy (non-hydrogen) atoms. The highest BCUT2D eigenvalue weighted by atomic mass is 32.2. The van der Waals surface area contributed by atoms with Crippen LogP contribution in [0.3, 0.4) is 0 Å². The van der Waals surface area contributed by atoms with Gasteiger partial charge in [0.2, 0.25) is 5.91 Å². The van der Waals surface area contributed by atoms with Crippen molar-refractivity contribution in [3.8, 4) is 0 Å². The minimum atomic E-state index is -0.756. The van der Waals surface area contributed by atoms with E-state index < -0.39 is 5.60 Å². The number of carbonyl (C=O) groups excluding carboxylic acids is 1. The summed E-state index contributed by atoms with van der Waals surface area (Å²) in [5, 5.41) is 12.7. The third kappa shape index (κ3) is 4.33. The molecular formula is C10H19NO2S. The van der Waals surface area contributed by atoms with Gasteiger partial charge < -0.3 is 10.4 Å². The van der Waals surface area contributed by atoms with Gasteiger partial charge in [-0.1, -0.05) is 0 Å². The first-order valence-electron chi connectivity index (χ1n) is 5.04. The highest BCUT2D eigenvalue weighted by molar-refractivity contribution is 7.98. The Labute approximate surface area is 89.6 Å². The predicted molar refractivity (Wildman–Crippen MR) is 59.4 cm³/mol. The molecule has 3 nitrogen and oxygen atoms in total. The Morgan fingerprint density at radius 2 is 2.29 bits per heavy atom. The maximum absolute atomic E-state index is 11.3. The molecule has 1 rings (SSSR count). The Bertz CT molecular complexity index is 202. The third-order valence-corrected chi connectivity index (χ3v) is 3.05. The minimum Gasteiger partial charge on any atom is -0.388 e. The van der Waals surface area contributed by atoms with E-state index in [0.29, 0.717) is 6.54 Å². The van der Waals surface area contributed by atoms with Gasteiger partial charge in [0.25, 0.3) is 0 Å². The van der Waals surface area contributed by atoms with Crippen LogP contribution in [0.25, 0.3) is 0 Å². The first-order valence-corrected chi connectivity index (χ1v) is 6.43. The van der Waals surface area contributed by atoms with Crippen LogP contribution in [0.1, 0.15) is 26.2 Å². The van der Waals surface area contributed by atoms with Crippen LogP contribution in [0, 0.1) is 5.92 Å². The molecule has 0 aliphatic heterocycles. The summed E-state index contributed by atoms with van der Waals surface area (Å²) in [6.45, 7) is 2.15. The van der Waals surface area contributed by atoms with Crippen molar-refractivity contribution in [1.29, 1.82) is 0 Å². The maximum atomic E-state index is 11.3. The summed E-state index contributed by atoms with van der Waals surface area (Å²) in [5.41, 5.74) is -0.756. The fourth-order valence-electron chi connectivity index (χ4n) is 1.18. The van der Waals surface area contributed by atoms with Crippen LogP contribution < -0.4 is 5.32 Å². The molecule has 0 saturated heterocycles. The lowest BCUT2D eigenvalue weighted by Crippen LogP contribution is -2.41. The lowest BCUT2D eigenvalue weighted by Gasteiger charge is -2.23. The van der Waals surface area contributed by atoms with Crippen molar-refractivity contribution in [2.24, 2.45) is 5.92 Å². The zero-order chi connectivity index (χ0) is 10.6. The van der Waals surface area contributed by atoms with Crippen LogP contribution in [0.2, 0.25) is 0 Å². The third-order valence-electron chi connectivity index (χ3n) is 2.44. The maximum Gasteiger partial charge on any atom is 0.223 e. The number of thioether (sulfide) groups is 1. The molecule has 0 aromatic heterocycles. The van der Waals surface area contributed by atoms with E-state index in [1.165, 1.54) is 0 Å². The molecule has 4 heteroatoms. The summed E-state index contributed by atoms with van der Waals surface area (Å²) in [6.07, 6.45) is 4.76. The summed E-state index contributed by atoms with van der Waals surface area (Å²) in [5.74, 6) is 1.26. The predicted octanol–water partition coefficient (Wildman–Crippen LogP) is 1.02. The molecule has 82 valence electrons. The molecule has 0 heterocycles. The molecule has 0 bridgehead atoms. The Balaban J connectivity index is 2.16. The second-order valence-corrected chi connectivity index (χ2v) is 5.22. The molecule has 1 aliphatic rings. The lowest BCUT2D eigenvalue weighted by molar-refractivity contribution is -0.123. The molecular weight excluding hydrogens is 198 g/mol. The van der Waals surface area contributed by atoms with E-state index in [1.54, 1.807) is 18.7 Å². The highest BCUT2D eigenvalue weighted by Gasteiger charge is 2.31. The van der Waals surface area contributed by atoms with E-state index in [9.17, 15) is 9.90 Å². The minimum absolute atomic E-state index is 0.106. The van der Waals surface area contributed by atoms with Crippen LogP contribution in [0.4, 0.5) is 0 Å². The zero-order valence-corrected chi connectivity index (χ0v) is 9.69. The Morgan fingerprint density at radius 1 is 1.64 bits per heavy atom. The van der Waals surface area contributed by atoms with Crippen LogP contribution in [0.5, 0.6) is 0 Å². The fourth-order valence-corrected chi connectivity index (χ4v) is 1.82. The number of nitrogens with one attached hydrogen (secondary N) is 1. The van der Waals surface area contributed by atoms with Crippen molar-refractivity contribution < 1.29 is 9.90 Å². The van der Waals surface area contributed by atoms with Crippen molar-refractivity contribution in [1.82, 2.24) is 5.32 Å². The van der Waals surface area contributed by atoms with Gasteiger partial charge in [-0.05, 0) is 38.2 Å². The standard InChI is InChI=1S/C10H19NO2S/c1-10(13,5-6-14-2)7-11-9(12)8-3-4-8/h8,13H,3-7H2,1-2H3,(H,11,12)/t10-/m0/s1. The highest BCUT2D eigenvalue weighted by Crippen LogP contribution is 2.28. The molecule has 0 aromatic carbocycles. The van der Waals surface area contributed by atoms with Crippen LogP contribution in [-0.2, 0) is 4.79 Å². The number of aliphatic hydroxyl groups is 1. The van der Waals surface area contributed by atoms with Crippen molar-refractivity contribution >= 4 is 17.7 Å². The first-order chi connectivity index (χ1) is 6.55. The molecule has 1 atom stereocenters. The lowest BCUT2D eigenvalue weighted by atomic mass is 10.0. The second kappa shape index (κ2) is 5.03. The molecule has 1 amide bonds. The monoisotopic (exact) mass is 217 g/mol. The topological polar surface area (TPSA) is 49.3 Å². The zero-order valence-electron chi connectivity index (χ0n) is 8.88. The van der Waals surface area contributed by atoms with Gasteiger partial charge in [0.05, 0.1) is 5.60 Å². The van der Waals surface area contributed by atoms with Gasteiger partial charge in [-0.2, -0.15) is 11.8 Å². The van der Waals surface area contributed by atoms with Crippen molar-refractivity contribution in [2.45, 2.75) is 31.8 Å². The Morgan fingerprint density at radius 3 is 2.79 bits per heavy atom. The van der Waals surface area contributed by atoms with E-state index in [2.05, 4.69) is 5.32 Å². The molecule has 1 fully saturated rings. The molecule has 0 spiro atoms. The molecule has 1 aliphatic carbocycles. The van der Waals surface area contributed by atoms with Crippen molar-refractivity contribution in [3.63, 3.8) is 0 Å². The summed E-state index contributed by atoms with van der Waals surface area (Å²) in [7, 11) is 0. The molecule has 2 N–H and O–H groups in total. The van der Waals surface area contributed by atoms with Crippen LogP contribution >= 0.6 is 11.8 Å². The van der Waals surface area contributed by atoms with Gasteiger partial charge in [-0.25, -0.2) is 0 Å². The normalized spacial score (nSPS) is 20.2. The Kier molecular flexibility index (Phi) is 4.26. The number of carbonyl (C=O) groups is 1. The van der Waals surface area contributed by atoms with E-state index >= 15 is 0 Å². The quantitative estimate of drug-likeness (QED) is 0.698. The van der Waals surface area contributed by atoms with Gasteiger partial charge in [-0.15, -0.1) is 0 Å². The average Bonchev–Trinajstić information content (AvgIpc) is 2.94. The van der Waals surface area contributed by atoms with Gasteiger partial charge in [0.15, 0.2) is 0 Å². The number of hydrogen-bond donors (Lipinski definition) is 2. The van der Waals surface area contributed by atoms with Crippen molar-refractivity contribution in [3.05, 3.63) is 0 Å². The van der Waals surface area contributed by atoms with Crippen LogP contribution in [-0.4, -0.2) is 35.2 Å². The van der Waals surface area contributed by atoms with E-state index in [-0.39, 0.29) is 11.8 Å². The van der Waals surface area contributed by atoms with Crippen LogP contribution in [0.15, 0.2) is 0 Å². The average molecular weight is 217 g/mol. The largest absolute Gasteiger partial charge is 0.388 e. The van der Waals surface area contributed by atoms with Gasteiger partial charge >= 0.3 is 0 Å². The number of rotatable bonds is 6. The van der Waals surface area contributed by atoms with E-state index in [1.807, 2.05) is 6.26 Å². The SMILES string of the molecule is CSCC[C@](C)(O)CNC(=O)C1CC1. The first kappa shape index (κ1) is 11.9. The summed E-state index contributed by atoms with van der Waals surface area (Å²) in [4.78, 5) is 11.3. The van der Waals surface area contributed by atoms with Gasteiger partial charge in [-0.3, -0.25) is 4.79 Å². The number of amides is 1. The smallest absolute Gasteiger partial charge is 0.223 e. The van der Waals surface area contributed by atoms with Gasteiger partial charge in [0, 0.05) is 12.5 Å². The molecule has 0 unspecified atom stereocenters. The summed E-state index contributed by atoms with van der Waals surface area (Å²) in [6, 6.07) is 0. The van der Waals surface area contributed by atoms with Gasteiger partial charge in [0.1, 0.15) is 0 Å². The number of hydrogen-bond acceptors (Lipinski definition) is 3. The summed E-state index contributed by atoms with van der Waals surface area (Å²) < 4.78 is 0. The fraction of sp³-hybridized carbons (Fsp3) is 0.900. The molecule has 0 radical (unpaired) electrons. The molecule has 0 aromatic rings. The Hall–Kier alpha value is -0.220. The summed E-state index contributed by atoms with van der Waals surface area (Å²) >= 11 is 1.71.